The molecule has 2 heterocycles. The van der Waals surface area contributed by atoms with Gasteiger partial charge in [0.25, 0.3) is 0 Å². The molecule has 0 radical (unpaired) electrons. The summed E-state index contributed by atoms with van der Waals surface area (Å²) in [5, 5.41) is 1.96. The fraction of sp³-hybridized carbons (Fsp3) is 0.625. The first-order valence-corrected chi connectivity index (χ1v) is 4.95. The molecule has 0 spiro atoms. The van der Waals surface area contributed by atoms with Crippen LogP contribution in [0.25, 0.3) is 0 Å². The Kier molecular flexibility index (Phi) is 2.39. The summed E-state index contributed by atoms with van der Waals surface area (Å²) in [5.74, 6) is 0.465. The lowest BCUT2D eigenvalue weighted by atomic mass is 9.97. The van der Waals surface area contributed by atoms with Crippen molar-refractivity contribution in [1.82, 2.24) is 4.37 Å². The van der Waals surface area contributed by atoms with E-state index in [1.807, 2.05) is 11.4 Å². The van der Waals surface area contributed by atoms with Crippen LogP contribution in [0.4, 0.5) is 0 Å². The molecule has 2 unspecified atom stereocenters. The number of nitrogens with two attached hydrogens (primary N) is 1. The molecule has 0 amide bonds. The molecule has 0 bridgehead atoms. The van der Waals surface area contributed by atoms with E-state index in [1.165, 1.54) is 11.5 Å². The lowest BCUT2D eigenvalue weighted by molar-refractivity contribution is 0.180. The van der Waals surface area contributed by atoms with Gasteiger partial charge in [-0.2, -0.15) is 4.37 Å². The van der Waals surface area contributed by atoms with Gasteiger partial charge in [-0.15, -0.1) is 0 Å². The van der Waals surface area contributed by atoms with E-state index < -0.39 is 0 Å². The summed E-state index contributed by atoms with van der Waals surface area (Å²) >= 11 is 1.46. The number of nitrogens with zero attached hydrogens (tertiary/aromatic N) is 1. The molecule has 1 aliphatic rings. The van der Waals surface area contributed by atoms with Crippen molar-refractivity contribution >= 4 is 11.5 Å². The van der Waals surface area contributed by atoms with Gasteiger partial charge in [0.1, 0.15) is 0 Å². The van der Waals surface area contributed by atoms with Crippen LogP contribution >= 0.6 is 11.5 Å². The Morgan fingerprint density at radius 2 is 2.67 bits per heavy atom. The third-order valence-electron chi connectivity index (χ3n) is 2.27. The minimum Gasteiger partial charge on any atom is -0.381 e. The van der Waals surface area contributed by atoms with Crippen LogP contribution in [0.5, 0.6) is 0 Å². The van der Waals surface area contributed by atoms with Crippen molar-refractivity contribution < 1.29 is 4.74 Å². The average Bonchev–Trinajstić information content (AvgIpc) is 2.77. The summed E-state index contributed by atoms with van der Waals surface area (Å²) in [5.41, 5.74) is 7.02. The third-order valence-corrected chi connectivity index (χ3v) is 2.85. The molecule has 1 saturated heterocycles. The van der Waals surface area contributed by atoms with Crippen LogP contribution in [0.2, 0.25) is 0 Å². The molecule has 4 heteroatoms. The molecule has 2 atom stereocenters. The van der Waals surface area contributed by atoms with Gasteiger partial charge < -0.3 is 10.5 Å². The highest BCUT2D eigenvalue weighted by Crippen LogP contribution is 2.25. The second-order valence-electron chi connectivity index (χ2n) is 3.07. The fourth-order valence-corrected chi connectivity index (χ4v) is 2.04. The summed E-state index contributed by atoms with van der Waals surface area (Å²) in [6, 6.07) is 2.06. The first kappa shape index (κ1) is 8.16. The van der Waals surface area contributed by atoms with E-state index >= 15 is 0 Å². The molecule has 0 aromatic carbocycles. The van der Waals surface area contributed by atoms with Crippen molar-refractivity contribution in [2.75, 3.05) is 13.2 Å². The molecule has 12 heavy (non-hydrogen) atoms. The zero-order valence-corrected chi connectivity index (χ0v) is 7.59. The zero-order valence-electron chi connectivity index (χ0n) is 6.77. The maximum Gasteiger partial charge on any atom is 0.0713 e. The molecule has 1 aromatic rings. The monoisotopic (exact) mass is 184 g/mol. The van der Waals surface area contributed by atoms with E-state index in [2.05, 4.69) is 4.37 Å². The molecule has 66 valence electrons. The van der Waals surface area contributed by atoms with Crippen LogP contribution in [0.1, 0.15) is 18.2 Å². The smallest absolute Gasteiger partial charge is 0.0713 e. The van der Waals surface area contributed by atoms with Crippen LogP contribution in [0.15, 0.2) is 11.4 Å². The molecule has 1 aromatic heterocycles. The van der Waals surface area contributed by atoms with Crippen molar-refractivity contribution in [1.29, 1.82) is 0 Å². The normalized spacial score (nSPS) is 25.9. The Hall–Kier alpha value is -0.450. The van der Waals surface area contributed by atoms with Gasteiger partial charge in [-0.1, -0.05) is 0 Å². The van der Waals surface area contributed by atoms with Crippen molar-refractivity contribution in [3.8, 4) is 0 Å². The van der Waals surface area contributed by atoms with Gasteiger partial charge in [-0.05, 0) is 24.0 Å². The third kappa shape index (κ3) is 1.50. The van der Waals surface area contributed by atoms with Gasteiger partial charge in [-0.3, -0.25) is 0 Å². The van der Waals surface area contributed by atoms with Gasteiger partial charge in [0.15, 0.2) is 0 Å². The number of rotatable bonds is 2. The van der Waals surface area contributed by atoms with Crippen LogP contribution in [-0.2, 0) is 4.74 Å². The minimum absolute atomic E-state index is 0.0683. The Labute approximate surface area is 75.7 Å². The first-order chi connectivity index (χ1) is 5.88. The number of aromatic nitrogens is 1. The second-order valence-corrected chi connectivity index (χ2v) is 3.74. The van der Waals surface area contributed by atoms with Gasteiger partial charge in [0, 0.05) is 17.9 Å². The highest BCUT2D eigenvalue weighted by Gasteiger charge is 2.24. The molecule has 0 saturated carbocycles. The lowest BCUT2D eigenvalue weighted by Crippen LogP contribution is -2.21. The topological polar surface area (TPSA) is 48.1 Å². The van der Waals surface area contributed by atoms with E-state index in [1.54, 1.807) is 0 Å². The maximum atomic E-state index is 6.01. The van der Waals surface area contributed by atoms with E-state index in [-0.39, 0.29) is 6.04 Å². The summed E-state index contributed by atoms with van der Waals surface area (Å²) in [6.45, 7) is 1.64. The molecule has 3 nitrogen and oxygen atoms in total. The number of ether oxygens (including phenoxy) is 1. The summed E-state index contributed by atoms with van der Waals surface area (Å²) in [6.07, 6.45) is 1.07. The SMILES string of the molecule is NC(c1ccsn1)C1CCOC1. The predicted octanol–water partition coefficient (Wildman–Crippen LogP) is 1.18. The van der Waals surface area contributed by atoms with Crippen LogP contribution in [-0.4, -0.2) is 17.6 Å². The van der Waals surface area contributed by atoms with E-state index in [0.717, 1.165) is 25.3 Å². The van der Waals surface area contributed by atoms with Gasteiger partial charge in [-0.25, -0.2) is 0 Å². The highest BCUT2D eigenvalue weighted by atomic mass is 32.1. The molecule has 0 aliphatic carbocycles. The largest absolute Gasteiger partial charge is 0.381 e. The lowest BCUT2D eigenvalue weighted by Gasteiger charge is -2.14. The van der Waals surface area contributed by atoms with Crippen molar-refractivity contribution in [3.05, 3.63) is 17.1 Å². The first-order valence-electron chi connectivity index (χ1n) is 4.11. The number of hydrogen-bond donors (Lipinski definition) is 1. The zero-order chi connectivity index (χ0) is 8.39. The molecule has 2 N–H and O–H groups in total. The van der Waals surface area contributed by atoms with Crippen molar-refractivity contribution in [2.24, 2.45) is 11.7 Å². The van der Waals surface area contributed by atoms with Crippen LogP contribution < -0.4 is 5.73 Å². The van der Waals surface area contributed by atoms with Crippen molar-refractivity contribution in [2.45, 2.75) is 12.5 Å². The van der Waals surface area contributed by atoms with Crippen LogP contribution in [0, 0.1) is 5.92 Å². The molecular weight excluding hydrogens is 172 g/mol. The molecule has 2 rings (SSSR count). The van der Waals surface area contributed by atoms with Gasteiger partial charge in [0.05, 0.1) is 18.3 Å². The van der Waals surface area contributed by atoms with E-state index in [4.69, 9.17) is 10.5 Å². The van der Waals surface area contributed by atoms with Crippen LogP contribution in [0.3, 0.4) is 0 Å². The highest BCUT2D eigenvalue weighted by molar-refractivity contribution is 7.03. The number of hydrogen-bond acceptors (Lipinski definition) is 4. The maximum absolute atomic E-state index is 6.01. The average molecular weight is 184 g/mol. The van der Waals surface area contributed by atoms with Gasteiger partial charge >= 0.3 is 0 Å². The Morgan fingerprint density at radius 3 is 3.25 bits per heavy atom. The van der Waals surface area contributed by atoms with Crippen molar-refractivity contribution in [3.63, 3.8) is 0 Å². The standard InChI is InChI=1S/C8H12N2OS/c9-8(6-1-3-11-5-6)7-2-4-12-10-7/h2,4,6,8H,1,3,5,9H2. The summed E-state index contributed by atoms with van der Waals surface area (Å²) in [7, 11) is 0. The minimum atomic E-state index is 0.0683. The Bertz CT molecular complexity index is 231. The van der Waals surface area contributed by atoms with E-state index in [0.29, 0.717) is 5.92 Å². The summed E-state index contributed by atoms with van der Waals surface area (Å²) in [4.78, 5) is 0. The second kappa shape index (κ2) is 3.51. The summed E-state index contributed by atoms with van der Waals surface area (Å²) < 4.78 is 9.49. The fourth-order valence-electron chi connectivity index (χ4n) is 1.47. The molecular formula is C8H12N2OS. The van der Waals surface area contributed by atoms with E-state index in [9.17, 15) is 0 Å². The molecule has 1 aliphatic heterocycles. The quantitative estimate of drug-likeness (QED) is 0.750. The Morgan fingerprint density at radius 1 is 1.75 bits per heavy atom. The van der Waals surface area contributed by atoms with Gasteiger partial charge in [0.2, 0.25) is 0 Å². The molecule has 1 fully saturated rings. The Balaban J connectivity index is 2.04. The predicted molar refractivity (Wildman–Crippen MR) is 48.0 cm³/mol.